The lowest BCUT2D eigenvalue weighted by Gasteiger charge is -2.11. The first-order valence-electron chi connectivity index (χ1n) is 3.18. The SMILES string of the molecule is C1=CC2CC=NC2N=C1. The molecule has 2 atom stereocenters. The molecule has 2 aliphatic heterocycles. The second-order valence-corrected chi connectivity index (χ2v) is 2.33. The molecule has 2 nitrogen and oxygen atoms in total. The van der Waals surface area contributed by atoms with Crippen molar-refractivity contribution in [3.63, 3.8) is 0 Å². The van der Waals surface area contributed by atoms with Crippen LogP contribution in [0.15, 0.2) is 22.1 Å². The van der Waals surface area contributed by atoms with Gasteiger partial charge in [0.15, 0.2) is 0 Å². The summed E-state index contributed by atoms with van der Waals surface area (Å²) >= 11 is 0. The van der Waals surface area contributed by atoms with E-state index < -0.39 is 0 Å². The van der Waals surface area contributed by atoms with E-state index in [1.807, 2.05) is 18.5 Å². The minimum Gasteiger partial charge on any atom is -0.270 e. The lowest BCUT2D eigenvalue weighted by Crippen LogP contribution is -2.11. The smallest absolute Gasteiger partial charge is 0.145 e. The van der Waals surface area contributed by atoms with Crippen molar-refractivity contribution < 1.29 is 0 Å². The first kappa shape index (κ1) is 4.91. The van der Waals surface area contributed by atoms with Crippen LogP contribution in [0.3, 0.4) is 0 Å². The first-order chi connectivity index (χ1) is 4.47. The molecule has 0 saturated heterocycles. The van der Waals surface area contributed by atoms with Crippen molar-refractivity contribution in [2.24, 2.45) is 15.9 Å². The second kappa shape index (κ2) is 1.79. The van der Waals surface area contributed by atoms with Crippen molar-refractivity contribution in [2.75, 3.05) is 0 Å². The summed E-state index contributed by atoms with van der Waals surface area (Å²) in [5.41, 5.74) is 0. The van der Waals surface area contributed by atoms with Gasteiger partial charge in [0.25, 0.3) is 0 Å². The third-order valence-electron chi connectivity index (χ3n) is 1.70. The van der Waals surface area contributed by atoms with E-state index in [0.717, 1.165) is 6.42 Å². The van der Waals surface area contributed by atoms with Gasteiger partial charge in [-0.2, -0.15) is 0 Å². The molecule has 46 valence electrons. The van der Waals surface area contributed by atoms with Crippen molar-refractivity contribution in [1.29, 1.82) is 0 Å². The average Bonchev–Trinajstić information content (AvgIpc) is 2.33. The van der Waals surface area contributed by atoms with Crippen LogP contribution >= 0.6 is 0 Å². The van der Waals surface area contributed by atoms with E-state index in [4.69, 9.17) is 0 Å². The molecule has 0 fully saturated rings. The Morgan fingerprint density at radius 3 is 3.22 bits per heavy atom. The summed E-state index contributed by atoms with van der Waals surface area (Å²) in [7, 11) is 0. The van der Waals surface area contributed by atoms with E-state index in [1.165, 1.54) is 0 Å². The van der Waals surface area contributed by atoms with Gasteiger partial charge < -0.3 is 0 Å². The maximum Gasteiger partial charge on any atom is 0.145 e. The molecule has 9 heavy (non-hydrogen) atoms. The van der Waals surface area contributed by atoms with Crippen molar-refractivity contribution in [3.05, 3.63) is 12.2 Å². The van der Waals surface area contributed by atoms with Crippen LogP contribution in [0.5, 0.6) is 0 Å². The van der Waals surface area contributed by atoms with Gasteiger partial charge in [-0.05, 0) is 12.5 Å². The number of dihydropyridines is 1. The summed E-state index contributed by atoms with van der Waals surface area (Å²) in [5, 5.41) is 0. The zero-order valence-electron chi connectivity index (χ0n) is 5.07. The molecule has 2 heterocycles. The highest BCUT2D eigenvalue weighted by Gasteiger charge is 2.21. The number of fused-ring (bicyclic) bond motifs is 1. The van der Waals surface area contributed by atoms with Gasteiger partial charge in [-0.3, -0.25) is 9.98 Å². The molecule has 0 N–H and O–H groups in total. The van der Waals surface area contributed by atoms with Crippen LogP contribution in [0.2, 0.25) is 0 Å². The molecular weight excluding hydrogens is 112 g/mol. The summed E-state index contributed by atoms with van der Waals surface area (Å²) in [6.07, 6.45) is 9.24. The van der Waals surface area contributed by atoms with Crippen LogP contribution in [0.4, 0.5) is 0 Å². The Morgan fingerprint density at radius 2 is 2.33 bits per heavy atom. The van der Waals surface area contributed by atoms with Crippen LogP contribution in [0.25, 0.3) is 0 Å². The Bertz CT molecular complexity index is 191. The molecule has 0 saturated carbocycles. The van der Waals surface area contributed by atoms with Crippen molar-refractivity contribution >= 4 is 12.4 Å². The minimum absolute atomic E-state index is 0.218. The molecule has 2 unspecified atom stereocenters. The van der Waals surface area contributed by atoms with Gasteiger partial charge in [-0.1, -0.05) is 6.08 Å². The number of hydrogen-bond acceptors (Lipinski definition) is 2. The van der Waals surface area contributed by atoms with E-state index in [-0.39, 0.29) is 6.17 Å². The van der Waals surface area contributed by atoms with Gasteiger partial charge >= 0.3 is 0 Å². The fourth-order valence-electron chi connectivity index (χ4n) is 1.18. The minimum atomic E-state index is 0.218. The number of aliphatic imine (C=N–C) groups is 2. The largest absolute Gasteiger partial charge is 0.270 e. The van der Waals surface area contributed by atoms with Crippen LogP contribution < -0.4 is 0 Å². The highest BCUT2D eigenvalue weighted by molar-refractivity contribution is 5.74. The maximum absolute atomic E-state index is 4.18. The molecule has 0 amide bonds. The highest BCUT2D eigenvalue weighted by Crippen LogP contribution is 2.21. The Labute approximate surface area is 54.0 Å². The lowest BCUT2D eigenvalue weighted by molar-refractivity contribution is 0.573. The quantitative estimate of drug-likeness (QED) is 0.456. The van der Waals surface area contributed by atoms with Gasteiger partial charge in [0.2, 0.25) is 0 Å². The molecule has 0 aromatic rings. The molecule has 0 radical (unpaired) electrons. The summed E-state index contributed by atoms with van der Waals surface area (Å²) in [6.45, 7) is 0. The number of allylic oxidation sites excluding steroid dienone is 1. The lowest BCUT2D eigenvalue weighted by atomic mass is 10.0. The monoisotopic (exact) mass is 120 g/mol. The predicted molar refractivity (Wildman–Crippen MR) is 38.0 cm³/mol. The third-order valence-corrected chi connectivity index (χ3v) is 1.70. The van der Waals surface area contributed by atoms with Gasteiger partial charge in [-0.25, -0.2) is 0 Å². The first-order valence-corrected chi connectivity index (χ1v) is 3.18. The maximum atomic E-state index is 4.18. The van der Waals surface area contributed by atoms with Crippen LogP contribution in [0, 0.1) is 5.92 Å². The topological polar surface area (TPSA) is 24.7 Å². The van der Waals surface area contributed by atoms with Gasteiger partial charge in [0, 0.05) is 18.3 Å². The van der Waals surface area contributed by atoms with Crippen LogP contribution in [-0.2, 0) is 0 Å². The van der Waals surface area contributed by atoms with E-state index in [1.54, 1.807) is 0 Å². The molecule has 2 heteroatoms. The van der Waals surface area contributed by atoms with Gasteiger partial charge in [-0.15, -0.1) is 0 Å². The fourth-order valence-corrected chi connectivity index (χ4v) is 1.18. The predicted octanol–water partition coefficient (Wildman–Crippen LogP) is 1.04. The van der Waals surface area contributed by atoms with Crippen molar-refractivity contribution in [3.8, 4) is 0 Å². The Morgan fingerprint density at radius 1 is 1.33 bits per heavy atom. The van der Waals surface area contributed by atoms with Crippen LogP contribution in [0.1, 0.15) is 6.42 Å². The fraction of sp³-hybridized carbons (Fsp3) is 0.429. The van der Waals surface area contributed by atoms with E-state index in [0.29, 0.717) is 5.92 Å². The van der Waals surface area contributed by atoms with Crippen molar-refractivity contribution in [2.45, 2.75) is 12.6 Å². The molecule has 0 bridgehead atoms. The Balaban J connectivity index is 2.25. The zero-order chi connectivity index (χ0) is 6.10. The zero-order valence-corrected chi connectivity index (χ0v) is 5.07. The standard InChI is InChI=1S/C7H8N2/c1-2-6-3-5-9-7(6)8-4-1/h1-2,4-7H,3H2. The normalized spacial score (nSPS) is 37.3. The second-order valence-electron chi connectivity index (χ2n) is 2.33. The molecule has 0 aliphatic carbocycles. The highest BCUT2D eigenvalue weighted by atomic mass is 15.0. The summed E-state index contributed by atoms with van der Waals surface area (Å²) in [5.74, 6) is 0.565. The summed E-state index contributed by atoms with van der Waals surface area (Å²) < 4.78 is 0. The third kappa shape index (κ3) is 0.707. The van der Waals surface area contributed by atoms with Crippen LogP contribution in [-0.4, -0.2) is 18.6 Å². The molecule has 2 rings (SSSR count). The van der Waals surface area contributed by atoms with Gasteiger partial charge in [0.1, 0.15) is 6.17 Å². The van der Waals surface area contributed by atoms with Crippen molar-refractivity contribution in [1.82, 2.24) is 0 Å². The van der Waals surface area contributed by atoms with E-state index >= 15 is 0 Å². The number of rotatable bonds is 0. The molecule has 0 aromatic heterocycles. The summed E-state index contributed by atoms with van der Waals surface area (Å²) in [4.78, 5) is 8.37. The molecule has 2 aliphatic rings. The van der Waals surface area contributed by atoms with E-state index in [9.17, 15) is 0 Å². The van der Waals surface area contributed by atoms with E-state index in [2.05, 4.69) is 16.1 Å². The number of nitrogens with zero attached hydrogens (tertiary/aromatic N) is 2. The Hall–Kier alpha value is -0.920. The Kier molecular flexibility index (Phi) is 0.979. The van der Waals surface area contributed by atoms with Gasteiger partial charge in [0.05, 0.1) is 0 Å². The molecule has 0 aromatic carbocycles. The summed E-state index contributed by atoms with van der Waals surface area (Å²) in [6, 6.07) is 0. The number of hydrogen-bond donors (Lipinski definition) is 0. The molecular formula is C7H8N2. The molecule has 0 spiro atoms. The average molecular weight is 120 g/mol.